The molecule has 0 aromatic rings. The van der Waals surface area contributed by atoms with Crippen molar-refractivity contribution in [2.45, 2.75) is 25.6 Å². The quantitative estimate of drug-likeness (QED) is 0.715. The van der Waals surface area contributed by atoms with Crippen LogP contribution in [0.3, 0.4) is 0 Å². The van der Waals surface area contributed by atoms with Crippen LogP contribution >= 0.6 is 11.6 Å². The van der Waals surface area contributed by atoms with Gasteiger partial charge in [0.25, 0.3) is 0 Å². The van der Waals surface area contributed by atoms with E-state index < -0.39 is 17.5 Å². The van der Waals surface area contributed by atoms with Crippen molar-refractivity contribution >= 4 is 23.2 Å². The minimum Gasteiger partial charge on any atom is -0.370 e. The lowest BCUT2D eigenvalue weighted by atomic mass is 9.81. The Morgan fingerprint density at radius 1 is 1.33 bits per heavy atom. The lowest BCUT2D eigenvalue weighted by Crippen LogP contribution is -2.56. The standard InChI is InChI=1S/C10H13ClO4/c1-5-6(11)7(12)9(14-3)10(2,15-4)8(5)13/h9H,1-4H3. The lowest BCUT2D eigenvalue weighted by molar-refractivity contribution is -0.162. The number of Topliss-reactive ketones (excluding diaryl/α,β-unsaturated/α-hetero) is 2. The van der Waals surface area contributed by atoms with E-state index in [1.54, 1.807) is 0 Å². The number of ether oxygens (including phenoxy) is 2. The number of rotatable bonds is 2. The first-order valence-electron chi connectivity index (χ1n) is 4.43. The number of ketones is 2. The molecule has 0 saturated heterocycles. The van der Waals surface area contributed by atoms with Gasteiger partial charge in [0.2, 0.25) is 5.78 Å². The Balaban J connectivity index is 3.33. The number of carbonyl (C=O) groups excluding carboxylic acids is 2. The maximum atomic E-state index is 11.9. The van der Waals surface area contributed by atoms with Crippen LogP contribution < -0.4 is 0 Å². The van der Waals surface area contributed by atoms with Crippen LogP contribution in [0.25, 0.3) is 0 Å². The zero-order valence-electron chi connectivity index (χ0n) is 9.09. The molecule has 0 aliphatic heterocycles. The molecule has 2 atom stereocenters. The molecule has 4 nitrogen and oxygen atoms in total. The Kier molecular flexibility index (Phi) is 3.33. The second-order valence-corrected chi connectivity index (χ2v) is 3.94. The summed E-state index contributed by atoms with van der Waals surface area (Å²) < 4.78 is 10.1. The average Bonchev–Trinajstić information content (AvgIpc) is 2.24. The molecular formula is C10H13ClO4. The van der Waals surface area contributed by atoms with E-state index in [1.807, 2.05) is 0 Å². The van der Waals surface area contributed by atoms with Crippen LogP contribution in [0, 0.1) is 0 Å². The van der Waals surface area contributed by atoms with Gasteiger partial charge in [0.05, 0.1) is 5.03 Å². The zero-order valence-corrected chi connectivity index (χ0v) is 9.84. The molecule has 0 saturated carbocycles. The van der Waals surface area contributed by atoms with Crippen LogP contribution in [0.4, 0.5) is 0 Å². The molecule has 1 aliphatic rings. The van der Waals surface area contributed by atoms with Crippen molar-refractivity contribution in [1.29, 1.82) is 0 Å². The Labute approximate surface area is 93.2 Å². The summed E-state index contributed by atoms with van der Waals surface area (Å²) in [5.41, 5.74) is -1.06. The molecule has 15 heavy (non-hydrogen) atoms. The maximum absolute atomic E-state index is 11.9. The molecule has 0 N–H and O–H groups in total. The predicted octanol–water partition coefficient (Wildman–Crippen LogP) is 1.07. The first kappa shape index (κ1) is 12.4. The van der Waals surface area contributed by atoms with Crippen molar-refractivity contribution in [3.63, 3.8) is 0 Å². The first-order valence-corrected chi connectivity index (χ1v) is 4.81. The van der Waals surface area contributed by atoms with Gasteiger partial charge in [0.1, 0.15) is 0 Å². The normalized spacial score (nSPS) is 32.5. The summed E-state index contributed by atoms with van der Waals surface area (Å²) in [6.07, 6.45) is -0.980. The molecule has 0 aromatic carbocycles. The van der Waals surface area contributed by atoms with E-state index in [0.717, 1.165) is 0 Å². The molecule has 0 fully saturated rings. The Bertz CT molecular complexity index is 347. The SMILES string of the molecule is COC1C(=O)C(Cl)=C(C)C(=O)C1(C)OC. The van der Waals surface area contributed by atoms with Crippen LogP contribution in [0.5, 0.6) is 0 Å². The van der Waals surface area contributed by atoms with Crippen LogP contribution in [-0.4, -0.2) is 37.5 Å². The van der Waals surface area contributed by atoms with E-state index in [-0.39, 0.29) is 16.4 Å². The van der Waals surface area contributed by atoms with E-state index in [4.69, 9.17) is 21.1 Å². The van der Waals surface area contributed by atoms with Crippen molar-refractivity contribution < 1.29 is 19.1 Å². The Hall–Kier alpha value is -0.710. The smallest absolute Gasteiger partial charge is 0.206 e. The van der Waals surface area contributed by atoms with Crippen molar-refractivity contribution in [2.75, 3.05) is 14.2 Å². The third-order valence-electron chi connectivity index (χ3n) is 2.74. The summed E-state index contributed by atoms with van der Waals surface area (Å²) in [7, 11) is 2.71. The molecule has 5 heteroatoms. The average molecular weight is 233 g/mol. The molecule has 1 rings (SSSR count). The fourth-order valence-corrected chi connectivity index (χ4v) is 1.86. The highest BCUT2D eigenvalue weighted by molar-refractivity contribution is 6.47. The van der Waals surface area contributed by atoms with Crippen LogP contribution in [-0.2, 0) is 19.1 Å². The molecular weight excluding hydrogens is 220 g/mol. The number of carbonyl (C=O) groups is 2. The summed E-state index contributed by atoms with van der Waals surface area (Å²) in [4.78, 5) is 23.6. The fourth-order valence-electron chi connectivity index (χ4n) is 1.67. The van der Waals surface area contributed by atoms with Gasteiger partial charge in [0, 0.05) is 19.8 Å². The first-order chi connectivity index (χ1) is 6.90. The second-order valence-electron chi connectivity index (χ2n) is 3.56. The highest BCUT2D eigenvalue weighted by Crippen LogP contribution is 2.33. The summed E-state index contributed by atoms with van der Waals surface area (Å²) in [6, 6.07) is 0. The summed E-state index contributed by atoms with van der Waals surface area (Å²) in [6.45, 7) is 3.03. The van der Waals surface area contributed by atoms with E-state index in [0.29, 0.717) is 0 Å². The van der Waals surface area contributed by atoms with Gasteiger partial charge in [-0.2, -0.15) is 0 Å². The molecule has 0 aromatic heterocycles. The highest BCUT2D eigenvalue weighted by atomic mass is 35.5. The summed E-state index contributed by atoms with van der Waals surface area (Å²) in [5, 5.41) is -0.0682. The largest absolute Gasteiger partial charge is 0.370 e. The van der Waals surface area contributed by atoms with Gasteiger partial charge in [-0.05, 0) is 13.8 Å². The Morgan fingerprint density at radius 2 is 1.87 bits per heavy atom. The van der Waals surface area contributed by atoms with Gasteiger partial charge in [-0.3, -0.25) is 9.59 Å². The van der Waals surface area contributed by atoms with Crippen molar-refractivity contribution in [1.82, 2.24) is 0 Å². The number of halogens is 1. The molecule has 0 radical (unpaired) electrons. The van der Waals surface area contributed by atoms with E-state index in [9.17, 15) is 9.59 Å². The van der Waals surface area contributed by atoms with Crippen LogP contribution in [0.15, 0.2) is 10.6 Å². The van der Waals surface area contributed by atoms with Gasteiger partial charge in [0.15, 0.2) is 17.5 Å². The summed E-state index contributed by atoms with van der Waals surface area (Å²) in [5.74, 6) is -0.734. The number of hydrogen-bond acceptors (Lipinski definition) is 4. The highest BCUT2D eigenvalue weighted by Gasteiger charge is 2.51. The minimum absolute atomic E-state index is 0.0682. The lowest BCUT2D eigenvalue weighted by Gasteiger charge is -2.36. The van der Waals surface area contributed by atoms with Crippen LogP contribution in [0.1, 0.15) is 13.8 Å². The van der Waals surface area contributed by atoms with Crippen molar-refractivity contribution in [2.24, 2.45) is 0 Å². The van der Waals surface area contributed by atoms with Crippen LogP contribution in [0.2, 0.25) is 0 Å². The minimum atomic E-state index is -1.28. The van der Waals surface area contributed by atoms with E-state index >= 15 is 0 Å². The van der Waals surface area contributed by atoms with Crippen molar-refractivity contribution in [3.05, 3.63) is 10.6 Å². The van der Waals surface area contributed by atoms with Gasteiger partial charge >= 0.3 is 0 Å². The molecule has 0 bridgehead atoms. The van der Waals surface area contributed by atoms with Gasteiger partial charge < -0.3 is 9.47 Å². The third kappa shape index (κ3) is 1.62. The molecule has 0 spiro atoms. The maximum Gasteiger partial charge on any atom is 0.206 e. The van der Waals surface area contributed by atoms with Gasteiger partial charge in [-0.15, -0.1) is 0 Å². The number of hydrogen-bond donors (Lipinski definition) is 0. The fraction of sp³-hybridized carbons (Fsp3) is 0.600. The monoisotopic (exact) mass is 232 g/mol. The topological polar surface area (TPSA) is 52.6 Å². The second kappa shape index (κ2) is 4.04. The van der Waals surface area contributed by atoms with Crippen molar-refractivity contribution in [3.8, 4) is 0 Å². The molecule has 1 aliphatic carbocycles. The molecule has 0 amide bonds. The van der Waals surface area contributed by atoms with Gasteiger partial charge in [-0.25, -0.2) is 0 Å². The predicted molar refractivity (Wildman–Crippen MR) is 54.8 cm³/mol. The summed E-state index contributed by atoms with van der Waals surface area (Å²) >= 11 is 5.74. The molecule has 2 unspecified atom stereocenters. The zero-order chi connectivity index (χ0) is 11.8. The Morgan fingerprint density at radius 3 is 2.27 bits per heavy atom. The van der Waals surface area contributed by atoms with Gasteiger partial charge in [-0.1, -0.05) is 11.6 Å². The third-order valence-corrected chi connectivity index (χ3v) is 3.20. The van der Waals surface area contributed by atoms with E-state index in [2.05, 4.69) is 0 Å². The molecule has 84 valence electrons. The molecule has 0 heterocycles. The number of methoxy groups -OCH3 is 2. The van der Waals surface area contributed by atoms with E-state index in [1.165, 1.54) is 28.1 Å².